The summed E-state index contributed by atoms with van der Waals surface area (Å²) >= 11 is 0. The summed E-state index contributed by atoms with van der Waals surface area (Å²) in [6.07, 6.45) is 0.930. The van der Waals surface area contributed by atoms with Gasteiger partial charge in [0.1, 0.15) is 17.1 Å². The number of carbonyl (C=O) groups excluding carboxylic acids is 2. The minimum Gasteiger partial charge on any atom is -0.484 e. The number of ether oxygens (including phenoxy) is 2. The van der Waals surface area contributed by atoms with Crippen molar-refractivity contribution in [3.05, 3.63) is 23.3 Å². The van der Waals surface area contributed by atoms with Crippen molar-refractivity contribution in [3.63, 3.8) is 0 Å². The fraction of sp³-hybridized carbons (Fsp3) is 0.619. The van der Waals surface area contributed by atoms with Crippen LogP contribution in [-0.4, -0.2) is 29.1 Å². The van der Waals surface area contributed by atoms with E-state index in [0.717, 1.165) is 12.0 Å². The van der Waals surface area contributed by atoms with Crippen molar-refractivity contribution in [2.75, 3.05) is 6.61 Å². The van der Waals surface area contributed by atoms with E-state index in [1.165, 1.54) is 6.92 Å². The van der Waals surface area contributed by atoms with Crippen molar-refractivity contribution in [1.29, 1.82) is 0 Å². The van der Waals surface area contributed by atoms with Crippen molar-refractivity contribution in [2.45, 2.75) is 72.3 Å². The van der Waals surface area contributed by atoms with Gasteiger partial charge >= 0.3 is 5.97 Å². The van der Waals surface area contributed by atoms with E-state index in [1.54, 1.807) is 19.1 Å². The number of rotatable bonds is 4. The van der Waals surface area contributed by atoms with Gasteiger partial charge in [-0.3, -0.25) is 9.59 Å². The van der Waals surface area contributed by atoms with Gasteiger partial charge in [-0.05, 0) is 36.3 Å². The highest BCUT2D eigenvalue weighted by Gasteiger charge is 2.39. The second-order valence-electron chi connectivity index (χ2n) is 9.37. The number of Topliss-reactive ketones (excluding diaryl/α,β-unsaturated/α-hetero) is 1. The zero-order valence-electron chi connectivity index (χ0n) is 16.9. The van der Waals surface area contributed by atoms with E-state index in [4.69, 9.17) is 9.47 Å². The monoisotopic (exact) mass is 362 g/mol. The topological polar surface area (TPSA) is 72.8 Å². The van der Waals surface area contributed by atoms with Gasteiger partial charge in [0, 0.05) is 12.5 Å². The molecule has 5 heteroatoms. The Hall–Kier alpha value is -1.88. The maximum absolute atomic E-state index is 12.6. The lowest BCUT2D eigenvalue weighted by Gasteiger charge is -2.37. The van der Waals surface area contributed by atoms with E-state index in [1.807, 2.05) is 0 Å². The highest BCUT2D eigenvalue weighted by molar-refractivity contribution is 6.01. The Morgan fingerprint density at radius 2 is 1.88 bits per heavy atom. The fourth-order valence-electron chi connectivity index (χ4n) is 3.88. The molecule has 0 amide bonds. The third-order valence-electron chi connectivity index (χ3n) is 4.56. The first-order chi connectivity index (χ1) is 11.8. The van der Waals surface area contributed by atoms with Crippen molar-refractivity contribution in [3.8, 4) is 11.5 Å². The Kier molecular flexibility index (Phi) is 5.26. The van der Waals surface area contributed by atoms with E-state index in [9.17, 15) is 14.7 Å². The molecule has 1 aliphatic heterocycles. The summed E-state index contributed by atoms with van der Waals surface area (Å²) < 4.78 is 11.4. The number of hydrogen-bond donors (Lipinski definition) is 1. The minimum absolute atomic E-state index is 0.0587. The molecular formula is C21H30O5. The standard InChI is InChI=1S/C21H30O5/c1-13(23)25-18-8-14-16(24)10-21(7,12-22)26-17(14)9-15(18)20(5,6)11-19(2,3)4/h8-9,22H,10-12H2,1-7H3. The molecular weight excluding hydrogens is 332 g/mol. The molecule has 0 saturated heterocycles. The van der Waals surface area contributed by atoms with Crippen LogP contribution in [0.4, 0.5) is 0 Å². The number of hydrogen-bond acceptors (Lipinski definition) is 5. The summed E-state index contributed by atoms with van der Waals surface area (Å²) in [5.41, 5.74) is 0.0259. The van der Waals surface area contributed by atoms with Gasteiger partial charge in [0.05, 0.1) is 18.6 Å². The molecule has 0 fully saturated rings. The fourth-order valence-corrected chi connectivity index (χ4v) is 3.88. The van der Waals surface area contributed by atoms with Crippen molar-refractivity contribution in [2.24, 2.45) is 5.41 Å². The van der Waals surface area contributed by atoms with E-state index in [-0.39, 0.29) is 29.6 Å². The summed E-state index contributed by atoms with van der Waals surface area (Å²) in [6, 6.07) is 3.40. The average Bonchev–Trinajstić information content (AvgIpc) is 2.44. The van der Waals surface area contributed by atoms with Crippen molar-refractivity contribution in [1.82, 2.24) is 0 Å². The van der Waals surface area contributed by atoms with Crippen LogP contribution in [-0.2, 0) is 10.2 Å². The molecule has 0 saturated carbocycles. The van der Waals surface area contributed by atoms with Crippen LogP contribution in [0.25, 0.3) is 0 Å². The van der Waals surface area contributed by atoms with Crippen molar-refractivity contribution >= 4 is 11.8 Å². The third kappa shape index (κ3) is 4.44. The second-order valence-corrected chi connectivity index (χ2v) is 9.37. The first-order valence-corrected chi connectivity index (χ1v) is 8.96. The third-order valence-corrected chi connectivity index (χ3v) is 4.56. The van der Waals surface area contributed by atoms with Crippen LogP contribution < -0.4 is 9.47 Å². The molecule has 144 valence electrons. The minimum atomic E-state index is -0.932. The van der Waals surface area contributed by atoms with Crippen LogP contribution in [0.1, 0.15) is 77.2 Å². The maximum Gasteiger partial charge on any atom is 0.308 e. The van der Waals surface area contributed by atoms with Gasteiger partial charge in [0.2, 0.25) is 0 Å². The Morgan fingerprint density at radius 1 is 1.27 bits per heavy atom. The Morgan fingerprint density at radius 3 is 2.38 bits per heavy atom. The maximum atomic E-state index is 12.6. The van der Waals surface area contributed by atoms with E-state index >= 15 is 0 Å². The molecule has 0 bridgehead atoms. The van der Waals surface area contributed by atoms with Crippen molar-refractivity contribution < 1.29 is 24.2 Å². The summed E-state index contributed by atoms with van der Waals surface area (Å²) in [5, 5.41) is 9.60. The highest BCUT2D eigenvalue weighted by Crippen LogP contribution is 2.45. The molecule has 1 heterocycles. The molecule has 1 aliphatic rings. The SMILES string of the molecule is CC(=O)Oc1cc2c(cc1C(C)(C)CC(C)(C)C)OC(C)(CO)CC2=O. The van der Waals surface area contributed by atoms with Gasteiger partial charge in [-0.1, -0.05) is 34.6 Å². The Balaban J connectivity index is 2.61. The molecule has 26 heavy (non-hydrogen) atoms. The molecule has 0 spiro atoms. The van der Waals surface area contributed by atoms with E-state index < -0.39 is 11.6 Å². The molecule has 1 N–H and O–H groups in total. The molecule has 0 aliphatic carbocycles. The molecule has 1 aromatic carbocycles. The zero-order valence-corrected chi connectivity index (χ0v) is 16.9. The van der Waals surface area contributed by atoms with Crippen LogP contribution in [0.5, 0.6) is 11.5 Å². The van der Waals surface area contributed by atoms with Gasteiger partial charge in [-0.2, -0.15) is 0 Å². The molecule has 1 atom stereocenters. The number of esters is 1. The van der Waals surface area contributed by atoms with Gasteiger partial charge in [0.15, 0.2) is 5.78 Å². The Labute approximate surface area is 155 Å². The summed E-state index contributed by atoms with van der Waals surface area (Å²) in [7, 11) is 0. The number of carbonyl (C=O) groups is 2. The molecule has 2 rings (SSSR count). The summed E-state index contributed by atoms with van der Waals surface area (Å²) in [4.78, 5) is 24.2. The highest BCUT2D eigenvalue weighted by atomic mass is 16.5. The van der Waals surface area contributed by atoms with Crippen LogP contribution in [0, 0.1) is 5.41 Å². The molecule has 0 aromatic heterocycles. The van der Waals surface area contributed by atoms with Crippen LogP contribution in [0.3, 0.4) is 0 Å². The lowest BCUT2D eigenvalue weighted by Crippen LogP contribution is -2.42. The molecule has 1 aromatic rings. The zero-order chi connectivity index (χ0) is 19.9. The first-order valence-electron chi connectivity index (χ1n) is 8.96. The number of fused-ring (bicyclic) bond motifs is 1. The largest absolute Gasteiger partial charge is 0.484 e. The average molecular weight is 362 g/mol. The van der Waals surface area contributed by atoms with E-state index in [0.29, 0.717) is 17.1 Å². The predicted octanol–water partition coefficient (Wildman–Crippen LogP) is 4.04. The molecule has 1 unspecified atom stereocenters. The smallest absolute Gasteiger partial charge is 0.308 e. The van der Waals surface area contributed by atoms with Gasteiger partial charge in [-0.15, -0.1) is 0 Å². The molecule has 0 radical (unpaired) electrons. The number of ketones is 1. The normalized spacial score (nSPS) is 20.4. The molecule has 5 nitrogen and oxygen atoms in total. The van der Waals surface area contributed by atoms with Crippen LogP contribution in [0.15, 0.2) is 12.1 Å². The van der Waals surface area contributed by atoms with E-state index in [2.05, 4.69) is 34.6 Å². The summed E-state index contributed by atoms with van der Waals surface area (Å²) in [5.74, 6) is 0.277. The first kappa shape index (κ1) is 20.4. The van der Waals surface area contributed by atoms with Gasteiger partial charge in [0.25, 0.3) is 0 Å². The Bertz CT molecular complexity index is 727. The number of aliphatic hydroxyl groups excluding tert-OH is 1. The summed E-state index contributed by atoms with van der Waals surface area (Å²) in [6.45, 7) is 13.5. The number of benzene rings is 1. The van der Waals surface area contributed by atoms with Crippen LogP contribution >= 0.6 is 0 Å². The van der Waals surface area contributed by atoms with Gasteiger partial charge in [-0.25, -0.2) is 0 Å². The lowest BCUT2D eigenvalue weighted by atomic mass is 9.71. The number of aliphatic hydroxyl groups is 1. The predicted molar refractivity (Wildman–Crippen MR) is 99.9 cm³/mol. The quantitative estimate of drug-likeness (QED) is 0.646. The second kappa shape index (κ2) is 6.69. The van der Waals surface area contributed by atoms with Gasteiger partial charge < -0.3 is 14.6 Å². The lowest BCUT2D eigenvalue weighted by molar-refractivity contribution is -0.132. The van der Waals surface area contributed by atoms with Crippen LogP contribution in [0.2, 0.25) is 0 Å².